The third kappa shape index (κ3) is 2.53. The summed E-state index contributed by atoms with van der Waals surface area (Å²) in [6.45, 7) is 4.88. The lowest BCUT2D eigenvalue weighted by Crippen LogP contribution is -2.34. The van der Waals surface area contributed by atoms with Crippen molar-refractivity contribution in [1.29, 1.82) is 0 Å². The number of aromatic nitrogens is 2. The first kappa shape index (κ1) is 13.7. The average Bonchev–Trinajstić information content (AvgIpc) is 3.10. The number of nitrogen functional groups attached to an aromatic ring is 1. The van der Waals surface area contributed by atoms with E-state index in [1.165, 1.54) is 0 Å². The number of aryl methyl sites for hydroxylation is 2. The average molecular weight is 288 g/mol. The number of carbonyl (C=O) groups is 1. The summed E-state index contributed by atoms with van der Waals surface area (Å²) < 4.78 is 7.06. The van der Waals surface area contributed by atoms with E-state index >= 15 is 0 Å². The maximum atomic E-state index is 12.9. The topological polar surface area (TPSA) is 77.3 Å². The van der Waals surface area contributed by atoms with Crippen LogP contribution in [0, 0.1) is 6.92 Å². The Morgan fingerprint density at radius 3 is 2.90 bits per heavy atom. The van der Waals surface area contributed by atoms with Crippen molar-refractivity contribution in [1.82, 2.24) is 14.7 Å². The standard InChI is InChI=1S/C15H20N4O2/c1-3-19-14(13(16)10(2)17-19)15(20)18(11-6-7-11)9-12-5-4-8-21-12/h4-5,8,11H,3,6-7,9,16H2,1-2H3. The molecule has 1 aliphatic rings. The Morgan fingerprint density at radius 2 is 2.33 bits per heavy atom. The predicted octanol–water partition coefficient (Wildman–Crippen LogP) is 2.19. The Balaban J connectivity index is 1.91. The zero-order valence-electron chi connectivity index (χ0n) is 12.4. The van der Waals surface area contributed by atoms with Gasteiger partial charge in [-0.05, 0) is 38.8 Å². The molecule has 1 saturated carbocycles. The van der Waals surface area contributed by atoms with E-state index in [4.69, 9.17) is 10.2 Å². The normalized spacial score (nSPS) is 14.4. The number of hydrogen-bond acceptors (Lipinski definition) is 4. The zero-order chi connectivity index (χ0) is 15.0. The molecule has 2 aromatic heterocycles. The highest BCUT2D eigenvalue weighted by Crippen LogP contribution is 2.31. The summed E-state index contributed by atoms with van der Waals surface area (Å²) in [5.41, 5.74) is 7.73. The molecule has 2 heterocycles. The Kier molecular flexibility index (Phi) is 3.45. The SMILES string of the molecule is CCn1nc(C)c(N)c1C(=O)N(Cc1ccco1)C1CC1. The predicted molar refractivity (Wildman–Crippen MR) is 78.7 cm³/mol. The van der Waals surface area contributed by atoms with Crippen LogP contribution in [0.25, 0.3) is 0 Å². The van der Waals surface area contributed by atoms with Gasteiger partial charge in [0.05, 0.1) is 24.2 Å². The summed E-state index contributed by atoms with van der Waals surface area (Å²) in [5, 5.41) is 4.33. The molecule has 0 bridgehead atoms. The summed E-state index contributed by atoms with van der Waals surface area (Å²) in [7, 11) is 0. The summed E-state index contributed by atoms with van der Waals surface area (Å²) in [6, 6.07) is 4.00. The smallest absolute Gasteiger partial charge is 0.274 e. The van der Waals surface area contributed by atoms with E-state index in [0.29, 0.717) is 30.2 Å². The van der Waals surface area contributed by atoms with E-state index in [1.54, 1.807) is 10.9 Å². The molecule has 1 fully saturated rings. The molecule has 0 saturated heterocycles. The maximum absolute atomic E-state index is 12.9. The van der Waals surface area contributed by atoms with E-state index in [-0.39, 0.29) is 11.9 Å². The van der Waals surface area contributed by atoms with Gasteiger partial charge in [0, 0.05) is 12.6 Å². The van der Waals surface area contributed by atoms with Crippen LogP contribution in [0.5, 0.6) is 0 Å². The summed E-state index contributed by atoms with van der Waals surface area (Å²) in [6.07, 6.45) is 3.69. The molecule has 6 heteroatoms. The molecule has 112 valence electrons. The van der Waals surface area contributed by atoms with Gasteiger partial charge in [0.1, 0.15) is 11.5 Å². The van der Waals surface area contributed by atoms with Crippen molar-refractivity contribution in [3.8, 4) is 0 Å². The lowest BCUT2D eigenvalue weighted by atomic mass is 10.2. The second kappa shape index (κ2) is 5.27. The minimum absolute atomic E-state index is 0.0612. The fourth-order valence-electron chi connectivity index (χ4n) is 2.51. The van der Waals surface area contributed by atoms with Crippen molar-refractivity contribution < 1.29 is 9.21 Å². The van der Waals surface area contributed by atoms with E-state index in [0.717, 1.165) is 18.6 Å². The maximum Gasteiger partial charge on any atom is 0.274 e. The third-order valence-corrected chi connectivity index (χ3v) is 3.83. The number of amides is 1. The van der Waals surface area contributed by atoms with Crippen molar-refractivity contribution in [2.24, 2.45) is 0 Å². The number of nitrogens with two attached hydrogens (primary N) is 1. The van der Waals surface area contributed by atoms with E-state index < -0.39 is 0 Å². The summed E-state index contributed by atoms with van der Waals surface area (Å²) >= 11 is 0. The monoisotopic (exact) mass is 288 g/mol. The second-order valence-corrected chi connectivity index (χ2v) is 5.41. The van der Waals surface area contributed by atoms with Crippen molar-refractivity contribution >= 4 is 11.6 Å². The lowest BCUT2D eigenvalue weighted by molar-refractivity contribution is 0.0706. The molecule has 0 aromatic carbocycles. The Labute approximate surface area is 123 Å². The van der Waals surface area contributed by atoms with Gasteiger partial charge in [-0.25, -0.2) is 0 Å². The van der Waals surface area contributed by atoms with Gasteiger partial charge >= 0.3 is 0 Å². The lowest BCUT2D eigenvalue weighted by Gasteiger charge is -2.22. The Morgan fingerprint density at radius 1 is 1.57 bits per heavy atom. The molecule has 1 amide bonds. The Bertz CT molecular complexity index is 641. The molecular formula is C15H20N4O2. The van der Waals surface area contributed by atoms with Crippen LogP contribution in [0.1, 0.15) is 41.7 Å². The molecule has 0 spiro atoms. The van der Waals surface area contributed by atoms with Gasteiger partial charge in [-0.3, -0.25) is 9.48 Å². The largest absolute Gasteiger partial charge is 0.467 e. The van der Waals surface area contributed by atoms with Crippen LogP contribution in [-0.2, 0) is 13.1 Å². The molecule has 6 nitrogen and oxygen atoms in total. The first-order valence-electron chi connectivity index (χ1n) is 7.28. The van der Waals surface area contributed by atoms with Gasteiger partial charge in [-0.1, -0.05) is 0 Å². The van der Waals surface area contributed by atoms with Crippen LogP contribution >= 0.6 is 0 Å². The van der Waals surface area contributed by atoms with Crippen molar-refractivity contribution in [2.75, 3.05) is 5.73 Å². The van der Waals surface area contributed by atoms with Crippen molar-refractivity contribution in [2.45, 2.75) is 45.8 Å². The number of nitrogens with zero attached hydrogens (tertiary/aromatic N) is 3. The van der Waals surface area contributed by atoms with Crippen LogP contribution in [0.2, 0.25) is 0 Å². The Hall–Kier alpha value is -2.24. The first-order valence-corrected chi connectivity index (χ1v) is 7.28. The fraction of sp³-hybridized carbons (Fsp3) is 0.467. The van der Waals surface area contributed by atoms with Gasteiger partial charge < -0.3 is 15.1 Å². The van der Waals surface area contributed by atoms with Gasteiger partial charge in [-0.15, -0.1) is 0 Å². The van der Waals surface area contributed by atoms with Crippen molar-refractivity contribution in [3.63, 3.8) is 0 Å². The fourth-order valence-corrected chi connectivity index (χ4v) is 2.51. The highest BCUT2D eigenvalue weighted by molar-refractivity contribution is 5.98. The highest BCUT2D eigenvalue weighted by atomic mass is 16.3. The first-order chi connectivity index (χ1) is 10.1. The van der Waals surface area contributed by atoms with Gasteiger partial charge in [0.25, 0.3) is 5.91 Å². The van der Waals surface area contributed by atoms with E-state index in [9.17, 15) is 4.79 Å². The second-order valence-electron chi connectivity index (χ2n) is 5.41. The highest BCUT2D eigenvalue weighted by Gasteiger charge is 2.36. The number of hydrogen-bond donors (Lipinski definition) is 1. The van der Waals surface area contributed by atoms with Crippen LogP contribution in [0.3, 0.4) is 0 Å². The number of furan rings is 1. The van der Waals surface area contributed by atoms with E-state index in [2.05, 4.69) is 5.10 Å². The molecule has 0 atom stereocenters. The van der Waals surface area contributed by atoms with Crippen LogP contribution in [-0.4, -0.2) is 26.6 Å². The van der Waals surface area contributed by atoms with Gasteiger partial charge in [0.2, 0.25) is 0 Å². The van der Waals surface area contributed by atoms with Gasteiger partial charge in [0.15, 0.2) is 0 Å². The van der Waals surface area contributed by atoms with Gasteiger partial charge in [-0.2, -0.15) is 5.10 Å². The van der Waals surface area contributed by atoms with E-state index in [1.807, 2.05) is 30.9 Å². The summed E-state index contributed by atoms with van der Waals surface area (Å²) in [5.74, 6) is 0.724. The molecule has 0 unspecified atom stereocenters. The number of anilines is 1. The van der Waals surface area contributed by atoms with Crippen LogP contribution < -0.4 is 5.73 Å². The molecule has 2 aromatic rings. The molecule has 3 rings (SSSR count). The van der Waals surface area contributed by atoms with Crippen molar-refractivity contribution in [3.05, 3.63) is 35.5 Å². The molecular weight excluding hydrogens is 268 g/mol. The van der Waals surface area contributed by atoms with Crippen LogP contribution in [0.15, 0.2) is 22.8 Å². The molecule has 21 heavy (non-hydrogen) atoms. The number of carbonyl (C=O) groups excluding carboxylic acids is 1. The van der Waals surface area contributed by atoms with Crippen LogP contribution in [0.4, 0.5) is 5.69 Å². The molecule has 0 radical (unpaired) electrons. The minimum atomic E-state index is -0.0612. The zero-order valence-corrected chi connectivity index (χ0v) is 12.4. The third-order valence-electron chi connectivity index (χ3n) is 3.83. The summed E-state index contributed by atoms with van der Waals surface area (Å²) in [4.78, 5) is 14.8. The number of rotatable bonds is 5. The quantitative estimate of drug-likeness (QED) is 0.915. The molecule has 0 aliphatic heterocycles. The molecule has 2 N–H and O–H groups in total. The molecule has 1 aliphatic carbocycles. The minimum Gasteiger partial charge on any atom is -0.467 e.